The normalized spacial score (nSPS) is 30.3. The maximum atomic E-state index is 10.8. The van der Waals surface area contributed by atoms with Crippen LogP contribution >= 0.6 is 0 Å². The Hall–Kier alpha value is -1.74. The number of amides is 1. The smallest absolute Gasteiger partial charge is 0.250 e. The van der Waals surface area contributed by atoms with E-state index in [1.54, 1.807) is 0 Å². The number of rotatable bonds is 4. The van der Waals surface area contributed by atoms with Crippen LogP contribution in [0.15, 0.2) is 18.3 Å². The van der Waals surface area contributed by atoms with Crippen LogP contribution in [0.5, 0.6) is 5.88 Å². The molecule has 4 atom stereocenters. The number of pyridine rings is 1. The standard InChI is InChI=1S/C11H14N2O6/c12-10(17)5-1-2-7(13-3-5)19-11-9(16)8(15)6(4-14)18-11/h1-3,6,8-9,11,14-16H,4H2,(H2,12,17)/t6-,8-,9-,11+/m1/s1. The summed E-state index contributed by atoms with van der Waals surface area (Å²) in [6.07, 6.45) is -3.36. The third-order valence-electron chi connectivity index (χ3n) is 2.76. The summed E-state index contributed by atoms with van der Waals surface area (Å²) in [6, 6.07) is 2.79. The Labute approximate surface area is 108 Å². The van der Waals surface area contributed by atoms with Crippen molar-refractivity contribution in [1.82, 2.24) is 4.98 Å². The Morgan fingerprint density at radius 1 is 1.42 bits per heavy atom. The van der Waals surface area contributed by atoms with Crippen LogP contribution < -0.4 is 10.5 Å². The van der Waals surface area contributed by atoms with Crippen molar-refractivity contribution >= 4 is 5.91 Å². The number of hydrogen-bond acceptors (Lipinski definition) is 7. The van der Waals surface area contributed by atoms with Gasteiger partial charge in [0.05, 0.1) is 12.2 Å². The predicted molar refractivity (Wildman–Crippen MR) is 61.1 cm³/mol. The molecule has 0 unspecified atom stereocenters. The van der Waals surface area contributed by atoms with Crippen LogP contribution in [0.3, 0.4) is 0 Å². The molecule has 1 aliphatic rings. The number of nitrogens with zero attached hydrogens (tertiary/aromatic N) is 1. The lowest BCUT2D eigenvalue weighted by Gasteiger charge is -2.15. The van der Waals surface area contributed by atoms with Gasteiger partial charge in [0.25, 0.3) is 0 Å². The van der Waals surface area contributed by atoms with Crippen LogP contribution in [0.25, 0.3) is 0 Å². The Kier molecular flexibility index (Phi) is 3.96. The maximum Gasteiger partial charge on any atom is 0.250 e. The van der Waals surface area contributed by atoms with E-state index >= 15 is 0 Å². The fraction of sp³-hybridized carbons (Fsp3) is 0.455. The predicted octanol–water partition coefficient (Wildman–Crippen LogP) is -2.00. The van der Waals surface area contributed by atoms with Gasteiger partial charge in [0.2, 0.25) is 18.1 Å². The Morgan fingerprint density at radius 2 is 2.16 bits per heavy atom. The Balaban J connectivity index is 2.03. The number of aliphatic hydroxyl groups is 3. The number of aromatic nitrogens is 1. The molecule has 2 heterocycles. The highest BCUT2D eigenvalue weighted by molar-refractivity contribution is 5.92. The van der Waals surface area contributed by atoms with E-state index in [0.29, 0.717) is 0 Å². The van der Waals surface area contributed by atoms with Crippen molar-refractivity contribution < 1.29 is 29.6 Å². The molecule has 0 spiro atoms. The van der Waals surface area contributed by atoms with Crippen molar-refractivity contribution in [2.75, 3.05) is 6.61 Å². The molecule has 0 aliphatic carbocycles. The van der Waals surface area contributed by atoms with E-state index in [0.717, 1.165) is 0 Å². The van der Waals surface area contributed by atoms with Crippen LogP contribution in [0.2, 0.25) is 0 Å². The molecule has 19 heavy (non-hydrogen) atoms. The van der Waals surface area contributed by atoms with Crippen LogP contribution in [0, 0.1) is 0 Å². The molecular weight excluding hydrogens is 256 g/mol. The molecule has 8 heteroatoms. The highest BCUT2D eigenvalue weighted by atomic mass is 16.7. The maximum absolute atomic E-state index is 10.8. The second-order valence-corrected chi connectivity index (χ2v) is 4.07. The molecule has 1 saturated heterocycles. The number of carbonyl (C=O) groups is 1. The lowest BCUT2D eigenvalue weighted by atomic mass is 10.1. The number of aliphatic hydroxyl groups excluding tert-OH is 3. The van der Waals surface area contributed by atoms with E-state index in [9.17, 15) is 15.0 Å². The third kappa shape index (κ3) is 2.82. The minimum atomic E-state index is -1.30. The molecule has 0 bridgehead atoms. The van der Waals surface area contributed by atoms with Gasteiger partial charge in [0.15, 0.2) is 0 Å². The first-order valence-electron chi connectivity index (χ1n) is 5.58. The van der Waals surface area contributed by atoms with Gasteiger partial charge >= 0.3 is 0 Å². The number of carbonyl (C=O) groups excluding carboxylic acids is 1. The summed E-state index contributed by atoms with van der Waals surface area (Å²) in [6.45, 7) is -0.438. The second-order valence-electron chi connectivity index (χ2n) is 4.07. The number of nitrogens with two attached hydrogens (primary N) is 1. The monoisotopic (exact) mass is 270 g/mol. The summed E-state index contributed by atoms with van der Waals surface area (Å²) in [7, 11) is 0. The first kappa shape index (κ1) is 13.7. The molecule has 0 aromatic carbocycles. The highest BCUT2D eigenvalue weighted by Gasteiger charge is 2.44. The van der Waals surface area contributed by atoms with E-state index in [1.807, 2.05) is 0 Å². The van der Waals surface area contributed by atoms with E-state index in [4.69, 9.17) is 20.3 Å². The second kappa shape index (κ2) is 5.49. The summed E-state index contributed by atoms with van der Waals surface area (Å²) in [5, 5.41) is 28.1. The lowest BCUT2D eigenvalue weighted by Crippen LogP contribution is -2.35. The minimum Gasteiger partial charge on any atom is -0.445 e. The molecule has 8 nitrogen and oxygen atoms in total. The van der Waals surface area contributed by atoms with E-state index in [-0.39, 0.29) is 11.4 Å². The van der Waals surface area contributed by atoms with Gasteiger partial charge in [-0.25, -0.2) is 4.98 Å². The van der Waals surface area contributed by atoms with Crippen LogP contribution in [0.4, 0.5) is 0 Å². The molecule has 1 fully saturated rings. The fourth-order valence-corrected chi connectivity index (χ4v) is 1.68. The molecule has 5 N–H and O–H groups in total. The molecule has 0 saturated carbocycles. The molecule has 1 aliphatic heterocycles. The zero-order chi connectivity index (χ0) is 14.0. The summed E-state index contributed by atoms with van der Waals surface area (Å²) in [5.41, 5.74) is 5.27. The van der Waals surface area contributed by atoms with Crippen molar-refractivity contribution in [2.24, 2.45) is 5.73 Å². The zero-order valence-electron chi connectivity index (χ0n) is 9.84. The van der Waals surface area contributed by atoms with Crippen molar-refractivity contribution in [1.29, 1.82) is 0 Å². The van der Waals surface area contributed by atoms with Crippen molar-refractivity contribution in [3.05, 3.63) is 23.9 Å². The van der Waals surface area contributed by atoms with Gasteiger partial charge < -0.3 is 30.5 Å². The first-order chi connectivity index (χ1) is 9.02. The molecule has 1 amide bonds. The van der Waals surface area contributed by atoms with Crippen LogP contribution in [0.1, 0.15) is 10.4 Å². The van der Waals surface area contributed by atoms with E-state index < -0.39 is 37.1 Å². The number of primary amides is 1. The largest absolute Gasteiger partial charge is 0.445 e. The fourth-order valence-electron chi connectivity index (χ4n) is 1.68. The van der Waals surface area contributed by atoms with Gasteiger partial charge in [0, 0.05) is 12.3 Å². The van der Waals surface area contributed by atoms with Crippen LogP contribution in [-0.4, -0.2) is 57.4 Å². The minimum absolute atomic E-state index is 0.0971. The molecule has 0 radical (unpaired) electrons. The topological polar surface area (TPSA) is 135 Å². The quantitative estimate of drug-likeness (QED) is 0.496. The molecule has 104 valence electrons. The van der Waals surface area contributed by atoms with Crippen LogP contribution in [-0.2, 0) is 4.74 Å². The first-order valence-corrected chi connectivity index (χ1v) is 5.58. The van der Waals surface area contributed by atoms with Gasteiger partial charge in [-0.1, -0.05) is 0 Å². The van der Waals surface area contributed by atoms with Gasteiger partial charge in [-0.05, 0) is 6.07 Å². The highest BCUT2D eigenvalue weighted by Crippen LogP contribution is 2.23. The summed E-state index contributed by atoms with van der Waals surface area (Å²) >= 11 is 0. The van der Waals surface area contributed by atoms with Gasteiger partial charge in [-0.3, -0.25) is 4.79 Å². The van der Waals surface area contributed by atoms with Gasteiger partial charge in [-0.15, -0.1) is 0 Å². The molecule has 1 aromatic rings. The Bertz CT molecular complexity index is 451. The zero-order valence-corrected chi connectivity index (χ0v) is 9.84. The summed E-state index contributed by atoms with van der Waals surface area (Å²) in [4.78, 5) is 14.7. The summed E-state index contributed by atoms with van der Waals surface area (Å²) in [5.74, 6) is -0.521. The number of ether oxygens (including phenoxy) is 2. The SMILES string of the molecule is NC(=O)c1ccc(O[C@@H]2O[C@H](CO)[C@@H](O)[C@H]2O)nc1. The van der Waals surface area contributed by atoms with Crippen molar-refractivity contribution in [2.45, 2.75) is 24.6 Å². The van der Waals surface area contributed by atoms with Gasteiger partial charge in [0.1, 0.15) is 18.3 Å². The van der Waals surface area contributed by atoms with Gasteiger partial charge in [-0.2, -0.15) is 0 Å². The number of hydrogen-bond donors (Lipinski definition) is 4. The Morgan fingerprint density at radius 3 is 2.63 bits per heavy atom. The van der Waals surface area contributed by atoms with Crippen molar-refractivity contribution in [3.8, 4) is 5.88 Å². The van der Waals surface area contributed by atoms with Crippen molar-refractivity contribution in [3.63, 3.8) is 0 Å². The van der Waals surface area contributed by atoms with E-state index in [2.05, 4.69) is 4.98 Å². The molecule has 1 aromatic heterocycles. The lowest BCUT2D eigenvalue weighted by molar-refractivity contribution is -0.118. The average Bonchev–Trinajstić information content (AvgIpc) is 2.67. The third-order valence-corrected chi connectivity index (χ3v) is 2.76. The summed E-state index contributed by atoms with van der Waals surface area (Å²) < 4.78 is 10.3. The molecular formula is C11H14N2O6. The molecule has 2 rings (SSSR count). The average molecular weight is 270 g/mol. The van der Waals surface area contributed by atoms with E-state index in [1.165, 1.54) is 18.3 Å².